The van der Waals surface area contributed by atoms with Crippen molar-refractivity contribution in [2.24, 2.45) is 0 Å². The first-order valence-corrected chi connectivity index (χ1v) is 6.50. The molecule has 0 radical (unpaired) electrons. The maximum absolute atomic E-state index is 12.4. The van der Waals surface area contributed by atoms with Crippen LogP contribution in [0.4, 0.5) is 0 Å². The third-order valence-electron chi connectivity index (χ3n) is 3.47. The zero-order chi connectivity index (χ0) is 12.4. The van der Waals surface area contributed by atoms with Gasteiger partial charge in [0.1, 0.15) is 0 Å². The summed E-state index contributed by atoms with van der Waals surface area (Å²) in [7, 11) is 0. The van der Waals surface area contributed by atoms with Crippen LogP contribution in [0.3, 0.4) is 0 Å². The van der Waals surface area contributed by atoms with E-state index in [2.05, 4.69) is 6.07 Å². The van der Waals surface area contributed by atoms with Crippen LogP contribution >= 0.6 is 0 Å². The third-order valence-corrected chi connectivity index (χ3v) is 3.47. The van der Waals surface area contributed by atoms with Gasteiger partial charge in [0.25, 0.3) is 5.91 Å². The average Bonchev–Trinajstić information content (AvgIpc) is 2.47. The second-order valence-electron chi connectivity index (χ2n) is 4.68. The Morgan fingerprint density at radius 1 is 1.22 bits per heavy atom. The number of benzene rings is 1. The molecule has 0 aliphatic carbocycles. The fourth-order valence-corrected chi connectivity index (χ4v) is 2.50. The summed E-state index contributed by atoms with van der Waals surface area (Å²) in [5.74, 6) is -0.0677. The lowest BCUT2D eigenvalue weighted by Crippen LogP contribution is -2.40. The molecule has 0 N–H and O–H groups in total. The molecule has 18 heavy (non-hydrogen) atoms. The lowest BCUT2D eigenvalue weighted by atomic mass is 9.97. The van der Waals surface area contributed by atoms with E-state index in [1.165, 1.54) is 10.6 Å². The Kier molecular flexibility index (Phi) is 3.30. The zero-order valence-corrected chi connectivity index (χ0v) is 10.3. The molecule has 2 aliphatic heterocycles. The lowest BCUT2D eigenvalue weighted by Gasteiger charge is -2.32. The van der Waals surface area contributed by atoms with E-state index in [4.69, 9.17) is 9.57 Å². The highest BCUT2D eigenvalue weighted by Gasteiger charge is 2.32. The number of rotatable bonds is 1. The molecule has 0 bridgehead atoms. The van der Waals surface area contributed by atoms with E-state index in [0.717, 1.165) is 24.8 Å². The minimum absolute atomic E-state index is 0.0677. The number of ether oxygens (including phenoxy) is 1. The van der Waals surface area contributed by atoms with Crippen LogP contribution in [0.5, 0.6) is 0 Å². The maximum Gasteiger partial charge on any atom is 0.279 e. The molecule has 1 aromatic rings. The minimum Gasteiger partial charge on any atom is -0.363 e. The third kappa shape index (κ3) is 2.13. The van der Waals surface area contributed by atoms with Gasteiger partial charge in [0, 0.05) is 6.54 Å². The van der Waals surface area contributed by atoms with Crippen LogP contribution in [0.15, 0.2) is 24.3 Å². The predicted octanol–water partition coefficient (Wildman–Crippen LogP) is 1.85. The van der Waals surface area contributed by atoms with E-state index in [1.54, 1.807) is 0 Å². The van der Waals surface area contributed by atoms with Crippen LogP contribution < -0.4 is 0 Å². The standard InChI is InChI=1S/C14H17NO3/c16-14(15-8-3-4-9-18-15)13-12-6-2-1-5-11(12)7-10-17-13/h1-2,5-6,13H,3-4,7-10H2. The van der Waals surface area contributed by atoms with Crippen molar-refractivity contribution in [2.75, 3.05) is 19.8 Å². The summed E-state index contributed by atoms with van der Waals surface area (Å²) in [5, 5.41) is 1.47. The molecule has 1 unspecified atom stereocenters. The van der Waals surface area contributed by atoms with Crippen LogP contribution in [0.2, 0.25) is 0 Å². The van der Waals surface area contributed by atoms with Crippen molar-refractivity contribution in [3.05, 3.63) is 35.4 Å². The van der Waals surface area contributed by atoms with E-state index in [9.17, 15) is 4.79 Å². The van der Waals surface area contributed by atoms with Crippen LogP contribution in [-0.2, 0) is 20.8 Å². The molecule has 3 rings (SSSR count). The molecule has 1 atom stereocenters. The first kappa shape index (κ1) is 11.7. The summed E-state index contributed by atoms with van der Waals surface area (Å²) in [5.41, 5.74) is 2.20. The Morgan fingerprint density at radius 3 is 2.94 bits per heavy atom. The fraction of sp³-hybridized carbons (Fsp3) is 0.500. The number of hydroxylamine groups is 2. The van der Waals surface area contributed by atoms with Gasteiger partial charge < -0.3 is 4.74 Å². The highest BCUT2D eigenvalue weighted by atomic mass is 16.7. The molecule has 1 fully saturated rings. The Morgan fingerprint density at radius 2 is 2.11 bits per heavy atom. The Labute approximate surface area is 106 Å². The summed E-state index contributed by atoms with van der Waals surface area (Å²) < 4.78 is 5.65. The fourth-order valence-electron chi connectivity index (χ4n) is 2.50. The van der Waals surface area contributed by atoms with E-state index in [0.29, 0.717) is 19.8 Å². The van der Waals surface area contributed by atoms with Gasteiger partial charge in [0.2, 0.25) is 0 Å². The normalized spacial score (nSPS) is 23.6. The monoisotopic (exact) mass is 247 g/mol. The van der Waals surface area contributed by atoms with Crippen LogP contribution in [0, 0.1) is 0 Å². The van der Waals surface area contributed by atoms with Gasteiger partial charge in [0.05, 0.1) is 13.2 Å². The second kappa shape index (κ2) is 5.08. The van der Waals surface area contributed by atoms with Gasteiger partial charge >= 0.3 is 0 Å². The van der Waals surface area contributed by atoms with Crippen molar-refractivity contribution in [2.45, 2.75) is 25.4 Å². The van der Waals surface area contributed by atoms with Crippen molar-refractivity contribution < 1.29 is 14.4 Å². The maximum atomic E-state index is 12.4. The molecule has 2 aliphatic rings. The Hall–Kier alpha value is -1.39. The van der Waals surface area contributed by atoms with Crippen molar-refractivity contribution in [3.8, 4) is 0 Å². The molecule has 0 saturated carbocycles. The number of amides is 1. The van der Waals surface area contributed by atoms with E-state index >= 15 is 0 Å². The quantitative estimate of drug-likeness (QED) is 0.760. The first-order valence-electron chi connectivity index (χ1n) is 6.50. The molecule has 4 heteroatoms. The average molecular weight is 247 g/mol. The number of fused-ring (bicyclic) bond motifs is 1. The van der Waals surface area contributed by atoms with Crippen LogP contribution in [0.1, 0.15) is 30.1 Å². The number of nitrogens with zero attached hydrogens (tertiary/aromatic N) is 1. The zero-order valence-electron chi connectivity index (χ0n) is 10.3. The summed E-state index contributed by atoms with van der Waals surface area (Å²) in [6.07, 6.45) is 2.40. The SMILES string of the molecule is O=C(C1OCCc2ccccc21)N1CCCCO1. The number of hydrogen-bond acceptors (Lipinski definition) is 3. The van der Waals surface area contributed by atoms with Gasteiger partial charge in [-0.15, -0.1) is 0 Å². The van der Waals surface area contributed by atoms with Crippen molar-refractivity contribution in [1.29, 1.82) is 0 Å². The van der Waals surface area contributed by atoms with Gasteiger partial charge in [-0.05, 0) is 30.4 Å². The van der Waals surface area contributed by atoms with Gasteiger partial charge in [-0.25, -0.2) is 5.06 Å². The lowest BCUT2D eigenvalue weighted by molar-refractivity contribution is -0.208. The largest absolute Gasteiger partial charge is 0.363 e. The molecule has 0 aromatic heterocycles. The molecule has 1 saturated heterocycles. The van der Waals surface area contributed by atoms with Crippen LogP contribution in [-0.4, -0.2) is 30.7 Å². The number of carbonyl (C=O) groups excluding carboxylic acids is 1. The molecular formula is C14H17NO3. The molecule has 2 heterocycles. The summed E-state index contributed by atoms with van der Waals surface area (Å²) in [6, 6.07) is 7.99. The number of hydrogen-bond donors (Lipinski definition) is 0. The highest BCUT2D eigenvalue weighted by Crippen LogP contribution is 2.29. The van der Waals surface area contributed by atoms with Gasteiger partial charge in [-0.2, -0.15) is 0 Å². The van der Waals surface area contributed by atoms with E-state index < -0.39 is 6.10 Å². The van der Waals surface area contributed by atoms with Gasteiger partial charge in [-0.3, -0.25) is 9.63 Å². The van der Waals surface area contributed by atoms with E-state index in [-0.39, 0.29) is 5.91 Å². The first-order chi connectivity index (χ1) is 8.86. The molecule has 4 nitrogen and oxygen atoms in total. The Balaban J connectivity index is 1.82. The molecule has 1 amide bonds. The molecular weight excluding hydrogens is 230 g/mol. The second-order valence-corrected chi connectivity index (χ2v) is 4.68. The summed E-state index contributed by atoms with van der Waals surface area (Å²) >= 11 is 0. The van der Waals surface area contributed by atoms with Gasteiger partial charge in [-0.1, -0.05) is 24.3 Å². The smallest absolute Gasteiger partial charge is 0.279 e. The van der Waals surface area contributed by atoms with Crippen molar-refractivity contribution >= 4 is 5.91 Å². The molecule has 96 valence electrons. The van der Waals surface area contributed by atoms with Gasteiger partial charge in [0.15, 0.2) is 6.10 Å². The Bertz CT molecular complexity index is 440. The predicted molar refractivity (Wildman–Crippen MR) is 65.7 cm³/mol. The summed E-state index contributed by atoms with van der Waals surface area (Å²) in [4.78, 5) is 17.8. The topological polar surface area (TPSA) is 38.8 Å². The molecule has 1 aromatic carbocycles. The summed E-state index contributed by atoms with van der Waals surface area (Å²) in [6.45, 7) is 1.89. The van der Waals surface area contributed by atoms with Crippen LogP contribution in [0.25, 0.3) is 0 Å². The van der Waals surface area contributed by atoms with Crippen molar-refractivity contribution in [3.63, 3.8) is 0 Å². The van der Waals surface area contributed by atoms with E-state index in [1.807, 2.05) is 18.2 Å². The number of carbonyl (C=O) groups is 1. The highest BCUT2D eigenvalue weighted by molar-refractivity contribution is 5.82. The molecule has 0 spiro atoms. The van der Waals surface area contributed by atoms with Crippen molar-refractivity contribution in [1.82, 2.24) is 5.06 Å². The minimum atomic E-state index is -0.493.